The summed E-state index contributed by atoms with van der Waals surface area (Å²) in [5.74, 6) is -3.86. The molecule has 0 saturated carbocycles. The molecule has 0 spiro atoms. The summed E-state index contributed by atoms with van der Waals surface area (Å²) >= 11 is 0. The monoisotopic (exact) mass is 855 g/mol. The molecule has 14 nitrogen and oxygen atoms in total. The Morgan fingerprint density at radius 3 is 1.95 bits per heavy atom. The van der Waals surface area contributed by atoms with E-state index in [-0.39, 0.29) is 41.9 Å². The number of nitrogens with zero attached hydrogens (tertiary/aromatic N) is 1. The van der Waals surface area contributed by atoms with Crippen LogP contribution in [0.15, 0.2) is 30.3 Å². The molecular weight excluding hydrogens is 791 g/mol. The number of amides is 3. The highest BCUT2D eigenvalue weighted by Gasteiger charge is 2.56. The molecule has 3 amide bonds. The van der Waals surface area contributed by atoms with E-state index in [0.717, 1.165) is 18.6 Å². The number of primary amides is 1. The third-order valence-corrected chi connectivity index (χ3v) is 11.5. The SMILES string of the molecule is CCCC[C@H](CC(=O)/C=C(\C)c1ccc(C(F)(F)P(=O)(OCOC(=O)C(C)(C)C)OCOC(=O)C(C)(C)C)cc1)C(=O)N1CC(C)(C)C[C@H]1C(=O)N[C@H](C)CCC(N)=O. The minimum atomic E-state index is -5.53. The number of esters is 2. The fourth-order valence-electron chi connectivity index (χ4n) is 6.15. The van der Waals surface area contributed by atoms with Gasteiger partial charge in [0.2, 0.25) is 31.3 Å². The Labute approximate surface area is 347 Å². The molecule has 0 aliphatic carbocycles. The summed E-state index contributed by atoms with van der Waals surface area (Å²) in [5.41, 5.74) is -1.50. The molecule has 1 aromatic carbocycles. The molecule has 2 rings (SSSR count). The summed E-state index contributed by atoms with van der Waals surface area (Å²) < 4.78 is 65.4. The minimum Gasteiger partial charge on any atom is -0.438 e. The van der Waals surface area contributed by atoms with Gasteiger partial charge < -0.3 is 25.4 Å². The van der Waals surface area contributed by atoms with Gasteiger partial charge >= 0.3 is 25.2 Å². The number of alkyl halides is 2. The molecular formula is C42H64F2N3O11P. The van der Waals surface area contributed by atoms with Gasteiger partial charge in [-0.05, 0) is 97.3 Å². The topological polar surface area (TPSA) is 198 Å². The maximum atomic E-state index is 16.0. The van der Waals surface area contributed by atoms with Gasteiger partial charge in [-0.25, -0.2) is 0 Å². The van der Waals surface area contributed by atoms with Gasteiger partial charge in [-0.3, -0.25) is 42.4 Å². The molecule has 1 aliphatic rings. The summed E-state index contributed by atoms with van der Waals surface area (Å²) in [6, 6.07) is 3.41. The number of nitrogens with two attached hydrogens (primary N) is 1. The van der Waals surface area contributed by atoms with Gasteiger partial charge in [0.15, 0.2) is 5.78 Å². The molecule has 1 aromatic rings. The summed E-state index contributed by atoms with van der Waals surface area (Å²) in [6.07, 6.45) is 3.89. The van der Waals surface area contributed by atoms with Gasteiger partial charge in [0.25, 0.3) is 0 Å². The zero-order chi connectivity index (χ0) is 45.1. The van der Waals surface area contributed by atoms with Gasteiger partial charge in [-0.15, -0.1) is 0 Å². The van der Waals surface area contributed by atoms with Crippen molar-refractivity contribution < 1.29 is 60.6 Å². The van der Waals surface area contributed by atoms with Crippen molar-refractivity contribution in [2.75, 3.05) is 20.1 Å². The number of carbonyl (C=O) groups is 6. The lowest BCUT2D eigenvalue weighted by molar-refractivity contribution is -0.163. The Morgan fingerprint density at radius 1 is 0.949 bits per heavy atom. The van der Waals surface area contributed by atoms with E-state index >= 15 is 8.78 Å². The number of likely N-dealkylation sites (tertiary alicyclic amines) is 1. The second-order valence-electron chi connectivity index (χ2n) is 18.1. The van der Waals surface area contributed by atoms with Crippen LogP contribution < -0.4 is 11.1 Å². The standard InChI is InChI=1S/C42H64F2N3O11P/c1-12-13-14-30(36(51)47-24-41(10,11)23-33(47)35(50)46-28(3)15-20-34(45)49)22-32(48)21-27(2)29-16-18-31(19-17-29)42(43,44)59(54,57-25-55-37(52)39(4,5)6)58-26-56-38(53)40(7,8)9/h16-19,21,28,30,33H,12-15,20,22-26H2,1-11H3,(H2,45,49)(H,46,50)/b27-21+/t28-,30-,33+/m1/s1. The number of rotatable bonds is 21. The number of halogens is 2. The predicted molar refractivity (Wildman–Crippen MR) is 217 cm³/mol. The van der Waals surface area contributed by atoms with Crippen LogP contribution in [-0.2, 0) is 57.5 Å². The number of ketones is 1. The fraction of sp³-hybridized carbons (Fsp3) is 0.667. The second kappa shape index (κ2) is 21.0. The van der Waals surface area contributed by atoms with E-state index < -0.39 is 73.0 Å². The van der Waals surface area contributed by atoms with E-state index in [1.165, 1.54) is 59.8 Å². The van der Waals surface area contributed by atoms with Crippen molar-refractivity contribution in [3.8, 4) is 0 Å². The normalized spacial score (nSPS) is 17.2. The van der Waals surface area contributed by atoms with Crippen LogP contribution in [0.1, 0.15) is 132 Å². The van der Waals surface area contributed by atoms with Crippen molar-refractivity contribution in [3.63, 3.8) is 0 Å². The third-order valence-electron chi connectivity index (χ3n) is 9.68. The molecule has 0 aromatic heterocycles. The summed E-state index contributed by atoms with van der Waals surface area (Å²) in [7, 11) is -5.53. The molecule has 1 saturated heterocycles. The molecule has 0 radical (unpaired) electrons. The number of benzene rings is 1. The highest BCUT2D eigenvalue weighted by Crippen LogP contribution is 2.67. The lowest BCUT2D eigenvalue weighted by Crippen LogP contribution is -2.50. The van der Waals surface area contributed by atoms with Gasteiger partial charge in [0.05, 0.1) is 10.8 Å². The number of allylic oxidation sites excluding steroid dienone is 2. The van der Waals surface area contributed by atoms with Crippen LogP contribution in [0, 0.1) is 22.2 Å². The Bertz CT molecular complexity index is 1710. The molecule has 3 atom stereocenters. The molecule has 0 unspecified atom stereocenters. The molecule has 1 fully saturated rings. The summed E-state index contributed by atoms with van der Waals surface area (Å²) in [6.45, 7) is 16.4. The van der Waals surface area contributed by atoms with Gasteiger partial charge in [-0.2, -0.15) is 8.78 Å². The molecule has 1 aliphatic heterocycles. The number of hydrogen-bond acceptors (Lipinski definition) is 11. The highest BCUT2D eigenvalue weighted by molar-refractivity contribution is 7.54. The number of unbranched alkanes of at least 4 members (excludes halogenated alkanes) is 1. The molecule has 332 valence electrons. The van der Waals surface area contributed by atoms with Crippen molar-refractivity contribution in [3.05, 3.63) is 41.5 Å². The first kappa shape index (κ1) is 51.1. The first-order valence-corrected chi connectivity index (χ1v) is 21.4. The van der Waals surface area contributed by atoms with E-state index in [9.17, 15) is 33.3 Å². The van der Waals surface area contributed by atoms with Crippen LogP contribution in [-0.4, -0.2) is 72.6 Å². The average Bonchev–Trinajstić information content (AvgIpc) is 3.46. The van der Waals surface area contributed by atoms with Crippen molar-refractivity contribution >= 4 is 48.6 Å². The van der Waals surface area contributed by atoms with Crippen molar-refractivity contribution in [2.45, 2.75) is 139 Å². The number of nitrogens with one attached hydrogen (secondary N) is 1. The van der Waals surface area contributed by atoms with E-state index in [1.54, 1.807) is 18.7 Å². The molecule has 1 heterocycles. The first-order chi connectivity index (χ1) is 27.0. The second-order valence-corrected chi connectivity index (χ2v) is 20.1. The maximum absolute atomic E-state index is 16.0. The fourth-order valence-corrected chi connectivity index (χ4v) is 7.40. The maximum Gasteiger partial charge on any atom is 0.410 e. The molecule has 0 bridgehead atoms. The van der Waals surface area contributed by atoms with Crippen LogP contribution in [0.25, 0.3) is 5.57 Å². The quantitative estimate of drug-likeness (QED) is 0.0534. The number of ether oxygens (including phenoxy) is 2. The third kappa shape index (κ3) is 15.2. The summed E-state index contributed by atoms with van der Waals surface area (Å²) in [5, 5.41) is 2.89. The van der Waals surface area contributed by atoms with Gasteiger partial charge in [0, 0.05) is 36.9 Å². The number of carbonyl (C=O) groups excluding carboxylic acids is 6. The van der Waals surface area contributed by atoms with E-state index in [1.807, 2.05) is 20.8 Å². The van der Waals surface area contributed by atoms with Crippen LogP contribution in [0.5, 0.6) is 0 Å². The highest BCUT2D eigenvalue weighted by atomic mass is 31.2. The zero-order valence-corrected chi connectivity index (χ0v) is 37.3. The van der Waals surface area contributed by atoms with Crippen molar-refractivity contribution in [1.82, 2.24) is 10.2 Å². The van der Waals surface area contributed by atoms with Crippen molar-refractivity contribution in [1.29, 1.82) is 0 Å². The smallest absolute Gasteiger partial charge is 0.410 e. The van der Waals surface area contributed by atoms with Gasteiger partial charge in [0.1, 0.15) is 6.04 Å². The van der Waals surface area contributed by atoms with Crippen LogP contribution in [0.4, 0.5) is 8.78 Å². The predicted octanol–water partition coefficient (Wildman–Crippen LogP) is 7.62. The average molecular weight is 856 g/mol. The number of hydrogen-bond donors (Lipinski definition) is 2. The first-order valence-electron chi connectivity index (χ1n) is 19.9. The lowest BCUT2D eigenvalue weighted by atomic mass is 9.90. The Kier molecular flexibility index (Phi) is 18.2. The largest absolute Gasteiger partial charge is 0.438 e. The van der Waals surface area contributed by atoms with Crippen molar-refractivity contribution in [2.24, 2.45) is 27.9 Å². The Hall–Kier alpha value is -4.01. The zero-order valence-electron chi connectivity index (χ0n) is 36.4. The molecule has 17 heteroatoms. The molecule has 3 N–H and O–H groups in total. The van der Waals surface area contributed by atoms with Crippen LogP contribution in [0.3, 0.4) is 0 Å². The van der Waals surface area contributed by atoms with Crippen LogP contribution >= 0.6 is 7.60 Å². The van der Waals surface area contributed by atoms with E-state index in [2.05, 4.69) is 5.32 Å². The Morgan fingerprint density at radius 2 is 1.47 bits per heavy atom. The molecule has 59 heavy (non-hydrogen) atoms. The minimum absolute atomic E-state index is 0.104. The van der Waals surface area contributed by atoms with Crippen LogP contribution in [0.2, 0.25) is 0 Å². The van der Waals surface area contributed by atoms with Gasteiger partial charge in [-0.1, -0.05) is 57.9 Å². The van der Waals surface area contributed by atoms with E-state index in [4.69, 9.17) is 24.3 Å². The lowest BCUT2D eigenvalue weighted by Gasteiger charge is -2.29. The summed E-state index contributed by atoms with van der Waals surface area (Å²) in [4.78, 5) is 78.2. The Balaban J connectivity index is 2.30. The van der Waals surface area contributed by atoms with E-state index in [0.29, 0.717) is 43.4 Å².